The highest BCUT2D eigenvalue weighted by atomic mass is 16.6. The Hall–Kier alpha value is -3.74. The fourth-order valence-electron chi connectivity index (χ4n) is 4.73. The summed E-state index contributed by atoms with van der Waals surface area (Å²) < 4.78 is 59.9. The topological polar surface area (TPSA) is 234 Å². The van der Waals surface area contributed by atoms with Gasteiger partial charge in [0.1, 0.15) is 0 Å². The number of nitrogens with one attached hydrogen (secondary N) is 2. The monoisotopic (exact) mass is 846 g/mol. The molecule has 0 radical (unpaired) electrons. The molecular formula is C38H62N4O17. The van der Waals surface area contributed by atoms with Crippen LogP contribution in [0.2, 0.25) is 0 Å². The highest BCUT2D eigenvalue weighted by Crippen LogP contribution is 2.05. The van der Waals surface area contributed by atoms with Gasteiger partial charge in [0.2, 0.25) is 11.8 Å². The Labute approximate surface area is 345 Å². The number of carbonyl (C=O) groups excluding carboxylic acids is 6. The molecule has 0 saturated heterocycles. The molecule has 0 aromatic rings. The molecule has 21 heteroatoms. The molecule has 0 unspecified atom stereocenters. The maximum Gasteiger partial charge on any atom is 0.253 e. The van der Waals surface area contributed by atoms with Gasteiger partial charge in [-0.2, -0.15) is 0 Å². The Morgan fingerprint density at radius 2 is 0.525 bits per heavy atom. The number of hydrogen-bond donors (Lipinski definition) is 2. The van der Waals surface area contributed by atoms with E-state index in [0.29, 0.717) is 158 Å². The lowest BCUT2D eigenvalue weighted by Gasteiger charge is -2.13. The molecule has 0 aliphatic carbocycles. The molecule has 0 fully saturated rings. The first-order valence-corrected chi connectivity index (χ1v) is 19.8. The molecule has 2 heterocycles. The smallest absolute Gasteiger partial charge is 0.253 e. The lowest BCUT2D eigenvalue weighted by atomic mass is 10.3. The van der Waals surface area contributed by atoms with Crippen molar-refractivity contribution in [2.45, 2.75) is 12.8 Å². The van der Waals surface area contributed by atoms with Crippen LogP contribution in [-0.4, -0.2) is 217 Å². The molecule has 336 valence electrons. The third kappa shape index (κ3) is 28.4. The van der Waals surface area contributed by atoms with Crippen LogP contribution in [0.25, 0.3) is 0 Å². The summed E-state index contributed by atoms with van der Waals surface area (Å²) in [5.41, 5.74) is 0. The van der Waals surface area contributed by atoms with Gasteiger partial charge in [-0.1, -0.05) is 0 Å². The van der Waals surface area contributed by atoms with Crippen LogP contribution in [0, 0.1) is 0 Å². The van der Waals surface area contributed by atoms with Crippen LogP contribution in [0.1, 0.15) is 12.8 Å². The zero-order chi connectivity index (χ0) is 42.4. The second kappa shape index (κ2) is 36.1. The van der Waals surface area contributed by atoms with E-state index in [2.05, 4.69) is 10.6 Å². The van der Waals surface area contributed by atoms with Crippen molar-refractivity contribution in [1.29, 1.82) is 0 Å². The Morgan fingerprint density at radius 3 is 0.729 bits per heavy atom. The standard InChI is InChI=1S/C38H62N4O17/c43-33(5-9-41-35(45)1-2-36(41)46)39-7-11-49-13-15-51-17-19-53-21-23-55-25-27-57-29-31-59-32-30-58-28-26-56-24-22-54-20-18-52-16-14-50-12-8-40-34(44)6-10-42-37(47)3-4-38(42)48/h1-4H,5-32H2,(H,39,43)(H,40,44). The molecule has 2 aliphatic rings. The van der Waals surface area contributed by atoms with Crippen LogP contribution in [0.15, 0.2) is 24.3 Å². The van der Waals surface area contributed by atoms with Gasteiger partial charge >= 0.3 is 0 Å². The number of rotatable bonds is 42. The molecule has 2 aliphatic heterocycles. The summed E-state index contributed by atoms with van der Waals surface area (Å²) in [6, 6.07) is 0. The van der Waals surface area contributed by atoms with Gasteiger partial charge in [0, 0.05) is 63.3 Å². The van der Waals surface area contributed by atoms with E-state index in [1.165, 1.54) is 24.3 Å². The molecule has 0 aromatic heterocycles. The maximum absolute atomic E-state index is 11.8. The van der Waals surface area contributed by atoms with Crippen LogP contribution in [0.3, 0.4) is 0 Å². The lowest BCUT2D eigenvalue weighted by molar-refractivity contribution is -0.139. The normalized spacial score (nSPS) is 13.8. The van der Waals surface area contributed by atoms with Gasteiger partial charge < -0.3 is 62.7 Å². The number of imide groups is 2. The van der Waals surface area contributed by atoms with E-state index in [0.717, 1.165) is 9.80 Å². The highest BCUT2D eigenvalue weighted by molar-refractivity contribution is 6.13. The molecule has 2 rings (SSSR count). The summed E-state index contributed by atoms with van der Waals surface area (Å²) in [5.74, 6) is -2.14. The number of carbonyl (C=O) groups is 6. The van der Waals surface area contributed by atoms with Gasteiger partial charge in [0.05, 0.1) is 145 Å². The quantitative estimate of drug-likeness (QED) is 0.0501. The van der Waals surface area contributed by atoms with E-state index in [1.54, 1.807) is 0 Å². The zero-order valence-electron chi connectivity index (χ0n) is 33.9. The van der Waals surface area contributed by atoms with Crippen LogP contribution >= 0.6 is 0 Å². The number of hydrogen-bond acceptors (Lipinski definition) is 17. The summed E-state index contributed by atoms with van der Waals surface area (Å²) in [7, 11) is 0. The molecule has 2 N–H and O–H groups in total. The van der Waals surface area contributed by atoms with Crippen molar-refractivity contribution in [3.05, 3.63) is 24.3 Å². The van der Waals surface area contributed by atoms with Crippen molar-refractivity contribution >= 4 is 35.4 Å². The lowest BCUT2D eigenvalue weighted by Crippen LogP contribution is -2.35. The average Bonchev–Trinajstić information content (AvgIpc) is 3.73. The SMILES string of the molecule is O=C(CCN1C(=O)C=CC1=O)NCCOCCOCCOCCOCCOCCOCCOCCOCCOCCOCCOCCNC(=O)CCN1C(=O)C=CC1=O. The van der Waals surface area contributed by atoms with Crippen molar-refractivity contribution in [3.63, 3.8) is 0 Å². The fraction of sp³-hybridized carbons (Fsp3) is 0.737. The molecule has 0 saturated carbocycles. The van der Waals surface area contributed by atoms with Gasteiger partial charge in [0.15, 0.2) is 0 Å². The third-order valence-electron chi connectivity index (χ3n) is 7.78. The van der Waals surface area contributed by atoms with Crippen molar-refractivity contribution < 1.29 is 80.9 Å². The summed E-state index contributed by atoms with van der Waals surface area (Å²) in [4.78, 5) is 71.5. The molecule has 21 nitrogen and oxygen atoms in total. The molecule has 0 spiro atoms. The van der Waals surface area contributed by atoms with Gasteiger partial charge in [-0.3, -0.25) is 38.6 Å². The largest absolute Gasteiger partial charge is 0.377 e. The van der Waals surface area contributed by atoms with Crippen molar-refractivity contribution in [1.82, 2.24) is 20.4 Å². The zero-order valence-corrected chi connectivity index (χ0v) is 33.9. The van der Waals surface area contributed by atoms with E-state index in [-0.39, 0.29) is 37.7 Å². The minimum Gasteiger partial charge on any atom is -0.377 e. The van der Waals surface area contributed by atoms with E-state index in [1.807, 2.05) is 0 Å². The Morgan fingerprint density at radius 1 is 0.339 bits per heavy atom. The summed E-state index contributed by atoms with van der Waals surface area (Å²) in [5, 5.41) is 5.35. The van der Waals surface area contributed by atoms with Gasteiger partial charge in [-0.25, -0.2) is 0 Å². The Balaban J connectivity index is 1.14. The predicted octanol–water partition coefficient (Wildman–Crippen LogP) is -1.97. The van der Waals surface area contributed by atoms with Crippen molar-refractivity contribution in [2.24, 2.45) is 0 Å². The number of ether oxygens (including phenoxy) is 11. The van der Waals surface area contributed by atoms with Gasteiger partial charge in [-0.15, -0.1) is 0 Å². The summed E-state index contributed by atoms with van der Waals surface area (Å²) in [6.07, 6.45) is 4.84. The summed E-state index contributed by atoms with van der Waals surface area (Å²) >= 11 is 0. The number of nitrogens with zero attached hydrogens (tertiary/aromatic N) is 2. The van der Waals surface area contributed by atoms with Crippen LogP contribution in [0.5, 0.6) is 0 Å². The van der Waals surface area contributed by atoms with Gasteiger partial charge in [0.25, 0.3) is 23.6 Å². The third-order valence-corrected chi connectivity index (χ3v) is 7.78. The van der Waals surface area contributed by atoms with Crippen LogP contribution in [0.4, 0.5) is 0 Å². The molecule has 0 atom stereocenters. The molecule has 0 bridgehead atoms. The summed E-state index contributed by atoms with van der Waals surface area (Å²) in [6.45, 7) is 10.1. The predicted molar refractivity (Wildman–Crippen MR) is 206 cm³/mol. The molecule has 0 aromatic carbocycles. The van der Waals surface area contributed by atoms with E-state index < -0.39 is 23.6 Å². The minimum atomic E-state index is -0.404. The first-order valence-electron chi connectivity index (χ1n) is 19.8. The first kappa shape index (κ1) is 51.4. The van der Waals surface area contributed by atoms with Gasteiger partial charge in [-0.05, 0) is 0 Å². The van der Waals surface area contributed by atoms with E-state index in [9.17, 15) is 28.8 Å². The van der Waals surface area contributed by atoms with Crippen molar-refractivity contribution in [2.75, 3.05) is 172 Å². The fourth-order valence-corrected chi connectivity index (χ4v) is 4.73. The average molecular weight is 847 g/mol. The Kier molecular flexibility index (Phi) is 31.5. The highest BCUT2D eigenvalue weighted by Gasteiger charge is 2.24. The van der Waals surface area contributed by atoms with E-state index in [4.69, 9.17) is 52.1 Å². The Bertz CT molecular complexity index is 1130. The first-order chi connectivity index (χ1) is 28.9. The maximum atomic E-state index is 11.8. The molecule has 6 amide bonds. The second-order valence-corrected chi connectivity index (χ2v) is 12.3. The van der Waals surface area contributed by atoms with Crippen molar-refractivity contribution in [3.8, 4) is 0 Å². The molecule has 59 heavy (non-hydrogen) atoms. The van der Waals surface area contributed by atoms with E-state index >= 15 is 0 Å². The van der Waals surface area contributed by atoms with Crippen LogP contribution in [-0.2, 0) is 80.9 Å². The molecular weight excluding hydrogens is 784 g/mol. The minimum absolute atomic E-state index is 0.0438. The number of amides is 6. The van der Waals surface area contributed by atoms with Crippen LogP contribution < -0.4 is 10.6 Å². The second-order valence-electron chi connectivity index (χ2n) is 12.3.